The average Bonchev–Trinajstić information content (AvgIpc) is 2.53. The van der Waals surface area contributed by atoms with Gasteiger partial charge in [-0.15, -0.1) is 0 Å². The second kappa shape index (κ2) is 6.69. The van der Waals surface area contributed by atoms with Crippen LogP contribution in [0.2, 0.25) is 0 Å². The van der Waals surface area contributed by atoms with Crippen LogP contribution in [-0.4, -0.2) is 16.5 Å². The van der Waals surface area contributed by atoms with Gasteiger partial charge in [0.15, 0.2) is 0 Å². The molecule has 0 unspecified atom stereocenters. The molecule has 0 aliphatic carbocycles. The molecule has 0 atom stereocenters. The fourth-order valence-corrected chi connectivity index (χ4v) is 1.93. The maximum absolute atomic E-state index is 12.0. The average molecular weight is 312 g/mol. The smallest absolute Gasteiger partial charge is 0.272 e. The lowest BCUT2D eigenvalue weighted by molar-refractivity contribution is -0.385. The number of hydrazone groups is 1. The van der Waals surface area contributed by atoms with Gasteiger partial charge in [0.25, 0.3) is 11.6 Å². The third kappa shape index (κ3) is 3.91. The Balaban J connectivity index is 2.16. The molecule has 0 spiro atoms. The molecule has 2 aromatic rings. The Bertz CT molecular complexity index is 782. The Hall–Kier alpha value is -3.22. The van der Waals surface area contributed by atoms with Crippen molar-refractivity contribution in [2.75, 3.05) is 5.73 Å². The molecule has 23 heavy (non-hydrogen) atoms. The third-order valence-electron chi connectivity index (χ3n) is 3.32. The van der Waals surface area contributed by atoms with E-state index in [-0.39, 0.29) is 11.6 Å². The minimum atomic E-state index is -0.445. The quantitative estimate of drug-likeness (QED) is 0.391. The number of carbonyl (C=O) groups is 1. The first-order chi connectivity index (χ1) is 10.9. The van der Waals surface area contributed by atoms with E-state index in [0.29, 0.717) is 28.1 Å². The minimum Gasteiger partial charge on any atom is -0.399 e. The van der Waals surface area contributed by atoms with Crippen molar-refractivity contribution in [2.45, 2.75) is 13.8 Å². The van der Waals surface area contributed by atoms with Gasteiger partial charge in [0, 0.05) is 28.4 Å². The van der Waals surface area contributed by atoms with Crippen LogP contribution in [0.4, 0.5) is 11.4 Å². The predicted molar refractivity (Wildman–Crippen MR) is 88.4 cm³/mol. The summed E-state index contributed by atoms with van der Waals surface area (Å²) in [4.78, 5) is 22.5. The summed E-state index contributed by atoms with van der Waals surface area (Å²) in [6.45, 7) is 3.33. The Morgan fingerprint density at radius 3 is 2.39 bits per heavy atom. The van der Waals surface area contributed by atoms with Crippen molar-refractivity contribution in [1.82, 2.24) is 5.43 Å². The highest BCUT2D eigenvalue weighted by Gasteiger charge is 2.12. The van der Waals surface area contributed by atoms with Crippen molar-refractivity contribution in [3.63, 3.8) is 0 Å². The molecule has 0 radical (unpaired) electrons. The molecule has 1 amide bonds. The summed E-state index contributed by atoms with van der Waals surface area (Å²) in [5.41, 5.74) is 10.6. The number of hydrogen-bond donors (Lipinski definition) is 2. The fourth-order valence-electron chi connectivity index (χ4n) is 1.93. The lowest BCUT2D eigenvalue weighted by Gasteiger charge is -2.04. The largest absolute Gasteiger partial charge is 0.399 e. The fraction of sp³-hybridized carbons (Fsp3) is 0.125. The molecule has 7 nitrogen and oxygen atoms in total. The van der Waals surface area contributed by atoms with Gasteiger partial charge in [0.05, 0.1) is 10.6 Å². The maximum atomic E-state index is 12.0. The Kier molecular flexibility index (Phi) is 4.70. The standard InChI is InChI=1S/C16H16N4O3/c1-10-3-4-13(9-15(10)20(22)23)11(2)18-19-16(21)12-5-7-14(17)8-6-12/h3-9H,17H2,1-2H3,(H,19,21)/b18-11+. The molecule has 0 heterocycles. The van der Waals surface area contributed by atoms with Crippen LogP contribution in [0.25, 0.3) is 0 Å². The van der Waals surface area contributed by atoms with Crippen LogP contribution < -0.4 is 11.2 Å². The van der Waals surface area contributed by atoms with Gasteiger partial charge in [0.1, 0.15) is 0 Å². The first-order valence-corrected chi connectivity index (χ1v) is 6.84. The van der Waals surface area contributed by atoms with Crippen molar-refractivity contribution in [3.05, 3.63) is 69.3 Å². The Morgan fingerprint density at radius 2 is 1.78 bits per heavy atom. The van der Waals surface area contributed by atoms with Crippen molar-refractivity contribution < 1.29 is 9.72 Å². The lowest BCUT2D eigenvalue weighted by atomic mass is 10.1. The van der Waals surface area contributed by atoms with Gasteiger partial charge in [-0.1, -0.05) is 12.1 Å². The number of nitro groups is 1. The van der Waals surface area contributed by atoms with Gasteiger partial charge in [0.2, 0.25) is 0 Å². The van der Waals surface area contributed by atoms with E-state index in [2.05, 4.69) is 10.5 Å². The van der Waals surface area contributed by atoms with Gasteiger partial charge in [-0.05, 0) is 38.1 Å². The molecule has 3 N–H and O–H groups in total. The van der Waals surface area contributed by atoms with Crippen LogP contribution in [0.3, 0.4) is 0 Å². The molecule has 0 saturated heterocycles. The predicted octanol–water partition coefficient (Wildman–Crippen LogP) is 2.64. The molecule has 0 saturated carbocycles. The summed E-state index contributed by atoms with van der Waals surface area (Å²) in [5, 5.41) is 14.9. The summed E-state index contributed by atoms with van der Waals surface area (Å²) in [6.07, 6.45) is 0. The van der Waals surface area contributed by atoms with Crippen LogP contribution in [0.1, 0.15) is 28.4 Å². The summed E-state index contributed by atoms with van der Waals surface area (Å²) in [6, 6.07) is 11.2. The molecule has 0 aliphatic rings. The van der Waals surface area contributed by atoms with Gasteiger partial charge >= 0.3 is 0 Å². The number of rotatable bonds is 4. The second-order valence-electron chi connectivity index (χ2n) is 5.02. The number of nitro benzene ring substituents is 1. The van der Waals surface area contributed by atoms with Gasteiger partial charge < -0.3 is 5.73 Å². The SMILES string of the molecule is C/C(=N\NC(=O)c1ccc(N)cc1)c1ccc(C)c([N+](=O)[O-])c1. The summed E-state index contributed by atoms with van der Waals surface area (Å²) in [7, 11) is 0. The number of anilines is 1. The number of amides is 1. The molecule has 7 heteroatoms. The zero-order valence-corrected chi connectivity index (χ0v) is 12.7. The van der Waals surface area contributed by atoms with Crippen molar-refractivity contribution in [1.29, 1.82) is 0 Å². The van der Waals surface area contributed by atoms with E-state index in [4.69, 9.17) is 5.73 Å². The highest BCUT2D eigenvalue weighted by molar-refractivity contribution is 6.01. The number of benzene rings is 2. The summed E-state index contributed by atoms with van der Waals surface area (Å²) < 4.78 is 0. The van der Waals surface area contributed by atoms with E-state index in [1.165, 1.54) is 6.07 Å². The third-order valence-corrected chi connectivity index (χ3v) is 3.32. The molecular formula is C16H16N4O3. The molecule has 118 valence electrons. The van der Waals surface area contributed by atoms with E-state index in [9.17, 15) is 14.9 Å². The second-order valence-corrected chi connectivity index (χ2v) is 5.02. The van der Waals surface area contributed by atoms with Crippen LogP contribution in [0, 0.1) is 17.0 Å². The zero-order valence-electron chi connectivity index (χ0n) is 12.7. The molecule has 2 aromatic carbocycles. The van der Waals surface area contributed by atoms with E-state index < -0.39 is 4.92 Å². The van der Waals surface area contributed by atoms with Gasteiger partial charge in [-0.3, -0.25) is 14.9 Å². The number of carbonyl (C=O) groups excluding carboxylic acids is 1. The number of nitrogen functional groups attached to an aromatic ring is 1. The number of nitrogens with one attached hydrogen (secondary N) is 1. The Morgan fingerprint density at radius 1 is 1.17 bits per heavy atom. The molecule has 2 rings (SSSR count). The number of nitrogens with two attached hydrogens (primary N) is 1. The van der Waals surface area contributed by atoms with Gasteiger partial charge in [-0.2, -0.15) is 5.10 Å². The molecular weight excluding hydrogens is 296 g/mol. The number of nitrogens with zero attached hydrogens (tertiary/aromatic N) is 2. The van der Waals surface area contributed by atoms with Crippen LogP contribution >= 0.6 is 0 Å². The van der Waals surface area contributed by atoms with E-state index in [1.807, 2.05) is 0 Å². The van der Waals surface area contributed by atoms with Gasteiger partial charge in [-0.25, -0.2) is 5.43 Å². The molecule has 0 bridgehead atoms. The maximum Gasteiger partial charge on any atom is 0.272 e. The first-order valence-electron chi connectivity index (χ1n) is 6.84. The highest BCUT2D eigenvalue weighted by atomic mass is 16.6. The summed E-state index contributed by atoms with van der Waals surface area (Å²) >= 11 is 0. The number of aryl methyl sites for hydroxylation is 1. The van der Waals surface area contributed by atoms with Crippen molar-refractivity contribution >= 4 is 23.0 Å². The minimum absolute atomic E-state index is 0.0157. The molecule has 0 aromatic heterocycles. The van der Waals surface area contributed by atoms with Crippen LogP contribution in [0.15, 0.2) is 47.6 Å². The van der Waals surface area contributed by atoms with Crippen molar-refractivity contribution in [3.8, 4) is 0 Å². The highest BCUT2D eigenvalue weighted by Crippen LogP contribution is 2.19. The van der Waals surface area contributed by atoms with Crippen molar-refractivity contribution in [2.24, 2.45) is 5.10 Å². The van der Waals surface area contributed by atoms with Crippen LogP contribution in [0.5, 0.6) is 0 Å². The topological polar surface area (TPSA) is 111 Å². The Labute approximate surface area is 133 Å². The van der Waals surface area contributed by atoms with Crippen LogP contribution in [-0.2, 0) is 0 Å². The van der Waals surface area contributed by atoms with E-state index in [1.54, 1.807) is 50.2 Å². The van der Waals surface area contributed by atoms with E-state index in [0.717, 1.165) is 0 Å². The number of hydrogen-bond acceptors (Lipinski definition) is 5. The van der Waals surface area contributed by atoms with E-state index >= 15 is 0 Å². The summed E-state index contributed by atoms with van der Waals surface area (Å²) in [5.74, 6) is -0.383. The zero-order chi connectivity index (χ0) is 17.0. The molecule has 0 fully saturated rings. The molecule has 0 aliphatic heterocycles. The lowest BCUT2D eigenvalue weighted by Crippen LogP contribution is -2.19. The first kappa shape index (κ1) is 16.2. The monoisotopic (exact) mass is 312 g/mol. The normalized spacial score (nSPS) is 11.1.